The first-order chi connectivity index (χ1) is 11.5. The summed E-state index contributed by atoms with van der Waals surface area (Å²) in [6, 6.07) is 0. The molecule has 3 nitrogen and oxygen atoms in total. The molecule has 1 N–H and O–H groups in total. The molecule has 0 aromatic heterocycles. The van der Waals surface area contributed by atoms with Crippen molar-refractivity contribution in [3.63, 3.8) is 0 Å². The molecular weight excluding hydrogens is 298 g/mol. The van der Waals surface area contributed by atoms with E-state index in [0.29, 0.717) is 18.6 Å². The van der Waals surface area contributed by atoms with E-state index in [2.05, 4.69) is 26.1 Å². The normalized spacial score (nSPS) is 12.4. The Bertz CT molecular complexity index is 326. The first-order valence-electron chi connectivity index (χ1n) is 10.3. The first kappa shape index (κ1) is 23.1. The van der Waals surface area contributed by atoms with Crippen LogP contribution in [0.15, 0.2) is 0 Å². The van der Waals surface area contributed by atoms with Crippen LogP contribution < -0.4 is 5.32 Å². The highest BCUT2D eigenvalue weighted by Crippen LogP contribution is 2.14. The highest BCUT2D eigenvalue weighted by Gasteiger charge is 2.09. The summed E-state index contributed by atoms with van der Waals surface area (Å²) >= 11 is 0. The molecule has 0 aliphatic carbocycles. The van der Waals surface area contributed by atoms with Gasteiger partial charge in [0.05, 0.1) is 0 Å². The smallest absolute Gasteiger partial charge is 0.219 e. The Labute approximate surface area is 150 Å². The summed E-state index contributed by atoms with van der Waals surface area (Å²) in [4.78, 5) is 23.2. The summed E-state index contributed by atoms with van der Waals surface area (Å²) < 4.78 is 0. The lowest BCUT2D eigenvalue weighted by Gasteiger charge is -2.08. The Hall–Kier alpha value is -0.860. The van der Waals surface area contributed by atoms with E-state index in [4.69, 9.17) is 0 Å². The van der Waals surface area contributed by atoms with Crippen LogP contribution in [0, 0.1) is 11.8 Å². The Morgan fingerprint density at radius 1 is 0.792 bits per heavy atom. The monoisotopic (exact) mass is 339 g/mol. The second-order valence-corrected chi connectivity index (χ2v) is 7.62. The third-order valence-electron chi connectivity index (χ3n) is 4.72. The number of ketones is 1. The van der Waals surface area contributed by atoms with E-state index in [1.807, 2.05) is 6.92 Å². The van der Waals surface area contributed by atoms with Crippen LogP contribution in [0.3, 0.4) is 0 Å². The van der Waals surface area contributed by atoms with Gasteiger partial charge in [-0.3, -0.25) is 9.59 Å². The maximum Gasteiger partial charge on any atom is 0.219 e. The summed E-state index contributed by atoms with van der Waals surface area (Å²) in [7, 11) is 0. The molecule has 0 rings (SSSR count). The number of amides is 1. The number of hydrogen-bond acceptors (Lipinski definition) is 2. The zero-order valence-corrected chi connectivity index (χ0v) is 16.7. The molecule has 0 radical (unpaired) electrons. The van der Waals surface area contributed by atoms with E-state index in [1.165, 1.54) is 38.5 Å². The molecule has 1 amide bonds. The molecule has 0 aliphatic rings. The molecule has 0 aromatic carbocycles. The van der Waals surface area contributed by atoms with E-state index in [-0.39, 0.29) is 11.8 Å². The number of Topliss-reactive ketones (excluding diaryl/α,β-unsaturated/α-hetero) is 1. The quantitative estimate of drug-likeness (QED) is 0.368. The van der Waals surface area contributed by atoms with Crippen LogP contribution in [0.25, 0.3) is 0 Å². The van der Waals surface area contributed by atoms with Gasteiger partial charge in [0.15, 0.2) is 0 Å². The minimum absolute atomic E-state index is 0.216. The molecule has 3 heteroatoms. The van der Waals surface area contributed by atoms with Crippen molar-refractivity contribution in [2.45, 2.75) is 105 Å². The molecule has 1 unspecified atom stereocenters. The Morgan fingerprint density at radius 3 is 1.96 bits per heavy atom. The average molecular weight is 340 g/mol. The molecule has 24 heavy (non-hydrogen) atoms. The number of hydrogen-bond donors (Lipinski definition) is 1. The van der Waals surface area contributed by atoms with Crippen molar-refractivity contribution < 1.29 is 9.59 Å². The maximum atomic E-state index is 11.7. The number of unbranched alkanes of at least 4 members (excludes halogenated alkanes) is 6. The molecule has 0 aromatic rings. The minimum atomic E-state index is 0.216. The van der Waals surface area contributed by atoms with Crippen molar-refractivity contribution in [2.75, 3.05) is 6.54 Å². The van der Waals surface area contributed by atoms with Gasteiger partial charge in [-0.25, -0.2) is 0 Å². The Morgan fingerprint density at radius 2 is 1.38 bits per heavy atom. The highest BCUT2D eigenvalue weighted by molar-refractivity contribution is 5.80. The standard InChI is InChI=1S/C21H41NO2/c1-5-20(23)19(4)15-11-9-7-6-8-10-12-16-21(24)22-17-13-14-18(2)3/h18-19H,5-17H2,1-4H3,(H,22,24). The number of carbonyl (C=O) groups excluding carboxylic acids is 2. The fraction of sp³-hybridized carbons (Fsp3) is 0.905. The SMILES string of the molecule is CCC(=O)C(C)CCCCCCCCCC(=O)NCCCC(C)C. The molecule has 0 bridgehead atoms. The zero-order chi connectivity index (χ0) is 18.2. The highest BCUT2D eigenvalue weighted by atomic mass is 16.1. The van der Waals surface area contributed by atoms with E-state index in [9.17, 15) is 9.59 Å². The lowest BCUT2D eigenvalue weighted by Crippen LogP contribution is -2.24. The van der Waals surface area contributed by atoms with Crippen molar-refractivity contribution in [2.24, 2.45) is 11.8 Å². The van der Waals surface area contributed by atoms with Gasteiger partial charge in [0.2, 0.25) is 5.91 Å². The third-order valence-corrected chi connectivity index (χ3v) is 4.72. The van der Waals surface area contributed by atoms with Gasteiger partial charge < -0.3 is 5.32 Å². The van der Waals surface area contributed by atoms with Gasteiger partial charge in [0.25, 0.3) is 0 Å². The predicted molar refractivity (Wildman–Crippen MR) is 103 cm³/mol. The molecule has 0 heterocycles. The fourth-order valence-electron chi connectivity index (χ4n) is 2.96. The van der Waals surface area contributed by atoms with Crippen LogP contribution in [0.2, 0.25) is 0 Å². The van der Waals surface area contributed by atoms with Crippen molar-refractivity contribution in [3.8, 4) is 0 Å². The maximum absolute atomic E-state index is 11.7. The van der Waals surface area contributed by atoms with Gasteiger partial charge in [0, 0.05) is 25.3 Å². The van der Waals surface area contributed by atoms with E-state index < -0.39 is 0 Å². The summed E-state index contributed by atoms with van der Waals surface area (Å²) in [6.45, 7) is 9.26. The molecule has 142 valence electrons. The summed E-state index contributed by atoms with van der Waals surface area (Å²) in [5.74, 6) is 1.58. The van der Waals surface area contributed by atoms with Gasteiger partial charge in [0.1, 0.15) is 5.78 Å². The van der Waals surface area contributed by atoms with Crippen LogP contribution in [0.5, 0.6) is 0 Å². The predicted octanol–water partition coefficient (Wildman–Crippen LogP) is 5.66. The second-order valence-electron chi connectivity index (χ2n) is 7.62. The van der Waals surface area contributed by atoms with Crippen molar-refractivity contribution in [1.29, 1.82) is 0 Å². The lowest BCUT2D eigenvalue weighted by molar-refractivity contribution is -0.122. The zero-order valence-electron chi connectivity index (χ0n) is 16.7. The molecular formula is C21H41NO2. The summed E-state index contributed by atoms with van der Waals surface area (Å²) in [5.41, 5.74) is 0. The average Bonchev–Trinajstić information content (AvgIpc) is 2.56. The minimum Gasteiger partial charge on any atom is -0.356 e. The molecule has 0 aliphatic heterocycles. The third kappa shape index (κ3) is 14.7. The van der Waals surface area contributed by atoms with Crippen LogP contribution >= 0.6 is 0 Å². The van der Waals surface area contributed by atoms with Gasteiger partial charge >= 0.3 is 0 Å². The number of nitrogens with one attached hydrogen (secondary N) is 1. The number of carbonyl (C=O) groups is 2. The largest absolute Gasteiger partial charge is 0.356 e. The van der Waals surface area contributed by atoms with Crippen LogP contribution in [-0.4, -0.2) is 18.2 Å². The Kier molecular flexibility index (Phi) is 15.1. The molecule has 0 saturated carbocycles. The van der Waals surface area contributed by atoms with E-state index >= 15 is 0 Å². The molecule has 0 saturated heterocycles. The van der Waals surface area contributed by atoms with Crippen molar-refractivity contribution >= 4 is 11.7 Å². The van der Waals surface area contributed by atoms with Crippen LogP contribution in [-0.2, 0) is 9.59 Å². The van der Waals surface area contributed by atoms with Crippen molar-refractivity contribution in [3.05, 3.63) is 0 Å². The Balaban J connectivity index is 3.30. The summed E-state index contributed by atoms with van der Waals surface area (Å²) in [5, 5.41) is 3.01. The van der Waals surface area contributed by atoms with Gasteiger partial charge in [-0.05, 0) is 31.6 Å². The van der Waals surface area contributed by atoms with E-state index in [1.54, 1.807) is 0 Å². The lowest BCUT2D eigenvalue weighted by atomic mass is 9.97. The van der Waals surface area contributed by atoms with Gasteiger partial charge in [-0.1, -0.05) is 66.2 Å². The van der Waals surface area contributed by atoms with Crippen LogP contribution in [0.1, 0.15) is 105 Å². The number of rotatable bonds is 16. The molecule has 0 spiro atoms. The second kappa shape index (κ2) is 15.7. The topological polar surface area (TPSA) is 46.2 Å². The van der Waals surface area contributed by atoms with Gasteiger partial charge in [-0.2, -0.15) is 0 Å². The van der Waals surface area contributed by atoms with Crippen molar-refractivity contribution in [1.82, 2.24) is 5.32 Å². The molecule has 1 atom stereocenters. The van der Waals surface area contributed by atoms with E-state index in [0.717, 1.165) is 38.1 Å². The van der Waals surface area contributed by atoms with Gasteiger partial charge in [-0.15, -0.1) is 0 Å². The van der Waals surface area contributed by atoms with Crippen LogP contribution in [0.4, 0.5) is 0 Å². The fourth-order valence-corrected chi connectivity index (χ4v) is 2.96. The molecule has 0 fully saturated rings. The first-order valence-corrected chi connectivity index (χ1v) is 10.3. The summed E-state index contributed by atoms with van der Waals surface area (Å²) in [6.07, 6.45) is 13.0.